The summed E-state index contributed by atoms with van der Waals surface area (Å²) in [5.41, 5.74) is 4.09. The molecule has 0 aliphatic heterocycles. The molecule has 0 saturated carbocycles. The van der Waals surface area contributed by atoms with Gasteiger partial charge in [0.15, 0.2) is 0 Å². The van der Waals surface area contributed by atoms with E-state index in [1.165, 1.54) is 23.2 Å². The molecule has 20 heavy (non-hydrogen) atoms. The molecule has 1 aromatic carbocycles. The lowest BCUT2D eigenvalue weighted by Gasteiger charge is -2.30. The van der Waals surface area contributed by atoms with E-state index in [1.54, 1.807) is 0 Å². The Balaban J connectivity index is 2.76. The van der Waals surface area contributed by atoms with Crippen LogP contribution in [0.4, 0.5) is 5.69 Å². The lowest BCUT2D eigenvalue weighted by molar-refractivity contribution is 0.503. The first kappa shape index (κ1) is 17.0. The molecule has 1 rings (SSSR count). The van der Waals surface area contributed by atoms with Gasteiger partial charge in [0.05, 0.1) is 0 Å². The molecule has 0 amide bonds. The molecule has 1 N–H and O–H groups in total. The minimum atomic E-state index is 0.531. The predicted octanol–water partition coefficient (Wildman–Crippen LogP) is 4.36. The summed E-state index contributed by atoms with van der Waals surface area (Å²) in [7, 11) is 2.21. The summed E-state index contributed by atoms with van der Waals surface area (Å²) in [6, 6.07) is 7.93. The van der Waals surface area contributed by atoms with E-state index >= 15 is 0 Å². The maximum atomic E-state index is 3.47. The van der Waals surface area contributed by atoms with Gasteiger partial charge in [-0.05, 0) is 43.4 Å². The molecule has 0 saturated heterocycles. The lowest BCUT2D eigenvalue weighted by Crippen LogP contribution is -2.30. The Labute approximate surface area is 125 Å². The molecule has 0 aliphatic rings. The van der Waals surface area contributed by atoms with Crippen LogP contribution in [0.15, 0.2) is 18.2 Å². The molecule has 0 heterocycles. The molecule has 1 atom stereocenters. The Bertz CT molecular complexity index is 410. The number of rotatable bonds is 7. The van der Waals surface area contributed by atoms with Gasteiger partial charge in [-0.2, -0.15) is 0 Å². The molecule has 1 unspecified atom stereocenters. The van der Waals surface area contributed by atoms with Gasteiger partial charge in [0.1, 0.15) is 0 Å². The Morgan fingerprint density at radius 2 is 1.75 bits per heavy atom. The van der Waals surface area contributed by atoms with Crippen molar-refractivity contribution in [1.29, 1.82) is 0 Å². The van der Waals surface area contributed by atoms with Crippen LogP contribution in [0.1, 0.15) is 52.2 Å². The monoisotopic (exact) mass is 276 g/mol. The molecule has 0 aromatic heterocycles. The topological polar surface area (TPSA) is 15.3 Å². The lowest BCUT2D eigenvalue weighted by atomic mass is 10.0. The number of anilines is 1. The van der Waals surface area contributed by atoms with Crippen molar-refractivity contribution in [3.8, 4) is 0 Å². The van der Waals surface area contributed by atoms with E-state index < -0.39 is 0 Å². The van der Waals surface area contributed by atoms with Gasteiger partial charge in [0.25, 0.3) is 0 Å². The van der Waals surface area contributed by atoms with Crippen LogP contribution < -0.4 is 10.2 Å². The van der Waals surface area contributed by atoms with Gasteiger partial charge in [0.2, 0.25) is 0 Å². The third kappa shape index (κ3) is 5.16. The number of aryl methyl sites for hydroxylation is 1. The highest BCUT2D eigenvalue weighted by molar-refractivity contribution is 5.54. The minimum Gasteiger partial charge on any atom is -0.372 e. The fourth-order valence-electron chi connectivity index (χ4n) is 2.62. The summed E-state index contributed by atoms with van der Waals surface area (Å²) < 4.78 is 0. The second-order valence-corrected chi connectivity index (χ2v) is 6.75. The van der Waals surface area contributed by atoms with Gasteiger partial charge < -0.3 is 10.2 Å². The van der Waals surface area contributed by atoms with Crippen LogP contribution >= 0.6 is 0 Å². The van der Waals surface area contributed by atoms with Crippen molar-refractivity contribution in [3.05, 3.63) is 29.3 Å². The van der Waals surface area contributed by atoms with Crippen LogP contribution in [0.3, 0.4) is 0 Å². The van der Waals surface area contributed by atoms with Crippen LogP contribution in [0.25, 0.3) is 0 Å². The van der Waals surface area contributed by atoms with Crippen LogP contribution in [0.5, 0.6) is 0 Å². The van der Waals surface area contributed by atoms with Crippen LogP contribution in [-0.4, -0.2) is 19.1 Å². The summed E-state index contributed by atoms with van der Waals surface area (Å²) in [5, 5.41) is 3.47. The fourth-order valence-corrected chi connectivity index (χ4v) is 2.62. The largest absolute Gasteiger partial charge is 0.372 e. The molecule has 2 nitrogen and oxygen atoms in total. The summed E-state index contributed by atoms with van der Waals surface area (Å²) in [4.78, 5) is 2.41. The highest BCUT2D eigenvalue weighted by Gasteiger charge is 2.13. The zero-order chi connectivity index (χ0) is 15.3. The van der Waals surface area contributed by atoms with Gasteiger partial charge in [-0.15, -0.1) is 0 Å². The van der Waals surface area contributed by atoms with Crippen molar-refractivity contribution in [2.24, 2.45) is 5.92 Å². The van der Waals surface area contributed by atoms with Crippen molar-refractivity contribution in [3.63, 3.8) is 0 Å². The van der Waals surface area contributed by atoms with Crippen LogP contribution in [-0.2, 0) is 6.54 Å². The molecule has 2 heteroatoms. The predicted molar refractivity (Wildman–Crippen MR) is 90.5 cm³/mol. The van der Waals surface area contributed by atoms with Crippen molar-refractivity contribution in [2.45, 2.75) is 66.6 Å². The summed E-state index contributed by atoms with van der Waals surface area (Å²) in [6.45, 7) is 14.4. The normalized spacial score (nSPS) is 13.1. The average molecular weight is 276 g/mol. The van der Waals surface area contributed by atoms with E-state index in [9.17, 15) is 0 Å². The molecule has 114 valence electrons. The maximum Gasteiger partial charge on any atom is 0.0395 e. The molecule has 0 fully saturated rings. The third-order valence-corrected chi connectivity index (χ3v) is 3.83. The van der Waals surface area contributed by atoms with E-state index in [1.807, 2.05) is 0 Å². The van der Waals surface area contributed by atoms with Crippen LogP contribution in [0.2, 0.25) is 0 Å². The van der Waals surface area contributed by atoms with E-state index in [0.29, 0.717) is 12.1 Å². The summed E-state index contributed by atoms with van der Waals surface area (Å²) >= 11 is 0. The average Bonchev–Trinajstić information content (AvgIpc) is 2.34. The first-order valence-electron chi connectivity index (χ1n) is 7.87. The van der Waals surface area contributed by atoms with Gasteiger partial charge in [-0.1, -0.05) is 39.8 Å². The van der Waals surface area contributed by atoms with Crippen molar-refractivity contribution in [1.82, 2.24) is 5.32 Å². The first-order chi connectivity index (χ1) is 9.31. The Kier molecular flexibility index (Phi) is 6.54. The zero-order valence-corrected chi connectivity index (χ0v) is 14.3. The summed E-state index contributed by atoms with van der Waals surface area (Å²) in [5.74, 6) is 0.738. The standard InChI is InChI=1S/C18H32N2/c1-13(2)10-16(6)20(7)18-9-8-17(11-15(18)5)12-19-14(3)4/h8-9,11,13-14,16,19H,10,12H2,1-7H3. The van der Waals surface area contributed by atoms with Crippen LogP contribution in [0, 0.1) is 12.8 Å². The van der Waals surface area contributed by atoms with Gasteiger partial charge in [-0.3, -0.25) is 0 Å². The number of nitrogens with one attached hydrogen (secondary N) is 1. The first-order valence-corrected chi connectivity index (χ1v) is 7.87. The molecule has 0 spiro atoms. The Hall–Kier alpha value is -1.02. The molecule has 0 bridgehead atoms. The van der Waals surface area contributed by atoms with Crippen molar-refractivity contribution < 1.29 is 0 Å². The number of hydrogen-bond acceptors (Lipinski definition) is 2. The smallest absolute Gasteiger partial charge is 0.0395 e. The zero-order valence-electron chi connectivity index (χ0n) is 14.3. The maximum absolute atomic E-state index is 3.47. The fraction of sp³-hybridized carbons (Fsp3) is 0.667. The van der Waals surface area contributed by atoms with Gasteiger partial charge in [-0.25, -0.2) is 0 Å². The second kappa shape index (κ2) is 7.68. The van der Waals surface area contributed by atoms with Gasteiger partial charge >= 0.3 is 0 Å². The third-order valence-electron chi connectivity index (χ3n) is 3.83. The molecule has 0 aliphatic carbocycles. The van der Waals surface area contributed by atoms with E-state index in [2.05, 4.69) is 77.0 Å². The molecular weight excluding hydrogens is 244 g/mol. The molecule has 1 aromatic rings. The minimum absolute atomic E-state index is 0.531. The van der Waals surface area contributed by atoms with E-state index in [4.69, 9.17) is 0 Å². The SMILES string of the molecule is Cc1cc(CNC(C)C)ccc1N(C)C(C)CC(C)C. The highest BCUT2D eigenvalue weighted by atomic mass is 15.1. The summed E-state index contributed by atoms with van der Waals surface area (Å²) in [6.07, 6.45) is 1.23. The molecule has 0 radical (unpaired) electrons. The van der Waals surface area contributed by atoms with E-state index in [0.717, 1.165) is 12.5 Å². The quantitative estimate of drug-likeness (QED) is 0.796. The van der Waals surface area contributed by atoms with E-state index in [-0.39, 0.29) is 0 Å². The number of benzene rings is 1. The number of hydrogen-bond donors (Lipinski definition) is 1. The Morgan fingerprint density at radius 1 is 1.10 bits per heavy atom. The van der Waals surface area contributed by atoms with Crippen molar-refractivity contribution in [2.75, 3.05) is 11.9 Å². The number of nitrogens with zero attached hydrogens (tertiary/aromatic N) is 1. The second-order valence-electron chi connectivity index (χ2n) is 6.75. The van der Waals surface area contributed by atoms with Gasteiger partial charge in [0, 0.05) is 31.4 Å². The Morgan fingerprint density at radius 3 is 2.25 bits per heavy atom. The van der Waals surface area contributed by atoms with Crippen molar-refractivity contribution >= 4 is 5.69 Å². The highest BCUT2D eigenvalue weighted by Crippen LogP contribution is 2.24. The molecular formula is C18H32N2.